The summed E-state index contributed by atoms with van der Waals surface area (Å²) in [6.07, 6.45) is 2.31. The molecule has 0 bridgehead atoms. The van der Waals surface area contributed by atoms with Gasteiger partial charge < -0.3 is 11.1 Å². The van der Waals surface area contributed by atoms with Gasteiger partial charge in [-0.25, -0.2) is 0 Å². The Labute approximate surface area is 132 Å². The van der Waals surface area contributed by atoms with E-state index in [-0.39, 0.29) is 18.3 Å². The zero-order chi connectivity index (χ0) is 14.3. The summed E-state index contributed by atoms with van der Waals surface area (Å²) in [7, 11) is 0. The van der Waals surface area contributed by atoms with Crippen molar-refractivity contribution >= 4 is 29.9 Å². The van der Waals surface area contributed by atoms with Gasteiger partial charge in [0.2, 0.25) is 5.91 Å². The summed E-state index contributed by atoms with van der Waals surface area (Å²) < 4.78 is 0. The molecule has 1 aromatic carbocycles. The molecule has 0 unspecified atom stereocenters. The first-order chi connectivity index (χ1) is 9.07. The van der Waals surface area contributed by atoms with Crippen molar-refractivity contribution in [2.24, 2.45) is 11.1 Å². The maximum Gasteiger partial charge on any atom is 0.227 e. The van der Waals surface area contributed by atoms with Crippen LogP contribution in [-0.2, 0) is 11.2 Å². The fourth-order valence-electron chi connectivity index (χ4n) is 2.15. The van der Waals surface area contributed by atoms with Crippen molar-refractivity contribution in [3.8, 4) is 0 Å². The molecule has 0 radical (unpaired) electrons. The number of carbonyl (C=O) groups excluding carboxylic acids is 1. The molecular weight excluding hydrogens is 295 g/mol. The van der Waals surface area contributed by atoms with Crippen LogP contribution in [0.25, 0.3) is 0 Å². The molecule has 0 aliphatic rings. The highest BCUT2D eigenvalue weighted by Crippen LogP contribution is 2.24. The molecule has 0 saturated carbocycles. The molecule has 0 aromatic heterocycles. The zero-order valence-corrected chi connectivity index (χ0v) is 13.7. The standard InChI is InChI=1S/C15H23ClN2O.ClH/c1-3-15(4-2,11-17)14(19)18-9-8-12-6-5-7-13(16)10-12;/h5-7,10H,3-4,8-9,11,17H2,1-2H3,(H,18,19);1H. The molecule has 5 heteroatoms. The van der Waals surface area contributed by atoms with Crippen molar-refractivity contribution in [2.75, 3.05) is 13.1 Å². The Kier molecular flexibility index (Phi) is 8.86. The van der Waals surface area contributed by atoms with Crippen LogP contribution in [0.5, 0.6) is 0 Å². The molecule has 1 aromatic rings. The molecule has 0 atom stereocenters. The Morgan fingerprint density at radius 3 is 2.50 bits per heavy atom. The van der Waals surface area contributed by atoms with Gasteiger partial charge in [0, 0.05) is 18.1 Å². The first-order valence-corrected chi connectivity index (χ1v) is 7.18. The third-order valence-electron chi connectivity index (χ3n) is 3.81. The van der Waals surface area contributed by atoms with Crippen LogP contribution in [0.15, 0.2) is 24.3 Å². The molecule has 0 heterocycles. The summed E-state index contributed by atoms with van der Waals surface area (Å²) in [4.78, 5) is 12.2. The minimum atomic E-state index is -0.422. The van der Waals surface area contributed by atoms with E-state index in [1.165, 1.54) is 0 Å². The van der Waals surface area contributed by atoms with Crippen LogP contribution >= 0.6 is 24.0 Å². The largest absolute Gasteiger partial charge is 0.355 e. The number of nitrogens with one attached hydrogen (secondary N) is 1. The molecule has 20 heavy (non-hydrogen) atoms. The molecule has 114 valence electrons. The van der Waals surface area contributed by atoms with E-state index < -0.39 is 5.41 Å². The lowest BCUT2D eigenvalue weighted by Gasteiger charge is -2.28. The minimum absolute atomic E-state index is 0. The van der Waals surface area contributed by atoms with E-state index in [2.05, 4.69) is 5.32 Å². The molecule has 1 amide bonds. The molecule has 3 N–H and O–H groups in total. The van der Waals surface area contributed by atoms with Gasteiger partial charge in [0.05, 0.1) is 5.41 Å². The van der Waals surface area contributed by atoms with Gasteiger partial charge in [-0.3, -0.25) is 4.79 Å². The lowest BCUT2D eigenvalue weighted by atomic mass is 9.81. The normalized spacial score (nSPS) is 10.8. The first-order valence-electron chi connectivity index (χ1n) is 6.80. The quantitative estimate of drug-likeness (QED) is 0.811. The number of nitrogens with two attached hydrogens (primary N) is 1. The number of hydrogen-bond donors (Lipinski definition) is 2. The molecule has 1 rings (SSSR count). The second-order valence-electron chi connectivity index (χ2n) is 4.83. The Balaban J connectivity index is 0.00000361. The van der Waals surface area contributed by atoms with Crippen LogP contribution in [0.3, 0.4) is 0 Å². The van der Waals surface area contributed by atoms with Gasteiger partial charge in [0.15, 0.2) is 0 Å². The van der Waals surface area contributed by atoms with Gasteiger partial charge in [-0.15, -0.1) is 12.4 Å². The van der Waals surface area contributed by atoms with E-state index in [0.717, 1.165) is 29.8 Å². The van der Waals surface area contributed by atoms with Crippen molar-refractivity contribution < 1.29 is 4.79 Å². The summed E-state index contributed by atoms with van der Waals surface area (Å²) in [5, 5.41) is 3.71. The van der Waals surface area contributed by atoms with Crippen molar-refractivity contribution in [1.29, 1.82) is 0 Å². The summed E-state index contributed by atoms with van der Waals surface area (Å²) in [6.45, 7) is 5.02. The molecule has 0 saturated heterocycles. The van der Waals surface area contributed by atoms with Gasteiger partial charge >= 0.3 is 0 Å². The predicted molar refractivity (Wildman–Crippen MR) is 87.5 cm³/mol. The van der Waals surface area contributed by atoms with Crippen LogP contribution in [0, 0.1) is 5.41 Å². The van der Waals surface area contributed by atoms with Gasteiger partial charge in [-0.1, -0.05) is 37.6 Å². The van der Waals surface area contributed by atoms with Crippen LogP contribution in [0.4, 0.5) is 0 Å². The fourth-order valence-corrected chi connectivity index (χ4v) is 2.37. The molecule has 3 nitrogen and oxygen atoms in total. The third kappa shape index (κ3) is 4.97. The number of amides is 1. The van der Waals surface area contributed by atoms with Crippen molar-refractivity contribution in [3.63, 3.8) is 0 Å². The van der Waals surface area contributed by atoms with Crippen molar-refractivity contribution in [3.05, 3.63) is 34.9 Å². The van der Waals surface area contributed by atoms with E-state index in [0.29, 0.717) is 13.1 Å². The minimum Gasteiger partial charge on any atom is -0.355 e. The van der Waals surface area contributed by atoms with Crippen molar-refractivity contribution in [2.45, 2.75) is 33.1 Å². The van der Waals surface area contributed by atoms with E-state index in [4.69, 9.17) is 17.3 Å². The Hall–Kier alpha value is -0.770. The average Bonchev–Trinajstić information content (AvgIpc) is 2.41. The fraction of sp³-hybridized carbons (Fsp3) is 0.533. The number of benzene rings is 1. The summed E-state index contributed by atoms with van der Waals surface area (Å²) >= 11 is 5.92. The number of halogens is 2. The van der Waals surface area contributed by atoms with E-state index >= 15 is 0 Å². The highest BCUT2D eigenvalue weighted by Gasteiger charge is 2.32. The second-order valence-corrected chi connectivity index (χ2v) is 5.26. The average molecular weight is 319 g/mol. The Morgan fingerprint density at radius 2 is 2.00 bits per heavy atom. The molecular formula is C15H24Cl2N2O. The van der Waals surface area contributed by atoms with Gasteiger partial charge in [-0.2, -0.15) is 0 Å². The monoisotopic (exact) mass is 318 g/mol. The third-order valence-corrected chi connectivity index (χ3v) is 4.05. The van der Waals surface area contributed by atoms with Crippen LogP contribution in [-0.4, -0.2) is 19.0 Å². The highest BCUT2D eigenvalue weighted by molar-refractivity contribution is 6.30. The summed E-state index contributed by atoms with van der Waals surface area (Å²) in [5.74, 6) is 0.0574. The molecule has 0 aliphatic heterocycles. The smallest absolute Gasteiger partial charge is 0.227 e. The van der Waals surface area contributed by atoms with Gasteiger partial charge in [0.1, 0.15) is 0 Å². The van der Waals surface area contributed by atoms with E-state index in [1.54, 1.807) is 0 Å². The maximum atomic E-state index is 12.2. The van der Waals surface area contributed by atoms with Gasteiger partial charge in [-0.05, 0) is 37.0 Å². The number of hydrogen-bond acceptors (Lipinski definition) is 2. The molecule has 0 aliphatic carbocycles. The van der Waals surface area contributed by atoms with Gasteiger partial charge in [0.25, 0.3) is 0 Å². The second kappa shape index (κ2) is 9.22. The highest BCUT2D eigenvalue weighted by atomic mass is 35.5. The van der Waals surface area contributed by atoms with E-state index in [9.17, 15) is 4.79 Å². The zero-order valence-electron chi connectivity index (χ0n) is 12.1. The molecule has 0 fully saturated rings. The topological polar surface area (TPSA) is 55.1 Å². The number of rotatable bonds is 7. The van der Waals surface area contributed by atoms with Crippen LogP contribution < -0.4 is 11.1 Å². The van der Waals surface area contributed by atoms with Crippen LogP contribution in [0.1, 0.15) is 32.3 Å². The Bertz CT molecular complexity index is 412. The number of carbonyl (C=O) groups is 1. The first kappa shape index (κ1) is 19.2. The lowest BCUT2D eigenvalue weighted by molar-refractivity contribution is -0.131. The molecule has 0 spiro atoms. The summed E-state index contributed by atoms with van der Waals surface area (Å²) in [6, 6.07) is 7.69. The Morgan fingerprint density at radius 1 is 1.35 bits per heavy atom. The lowest BCUT2D eigenvalue weighted by Crippen LogP contribution is -2.45. The van der Waals surface area contributed by atoms with E-state index in [1.807, 2.05) is 38.1 Å². The van der Waals surface area contributed by atoms with Crippen LogP contribution in [0.2, 0.25) is 5.02 Å². The summed E-state index contributed by atoms with van der Waals surface area (Å²) in [5.41, 5.74) is 6.46. The SMILES string of the molecule is CCC(CC)(CN)C(=O)NCCc1cccc(Cl)c1.Cl. The predicted octanol–water partition coefficient (Wildman–Crippen LogP) is 3.19. The van der Waals surface area contributed by atoms with Crippen molar-refractivity contribution in [1.82, 2.24) is 5.32 Å². The maximum absolute atomic E-state index is 12.2.